The minimum absolute atomic E-state index is 0.0362. The lowest BCUT2D eigenvalue weighted by atomic mass is 9.90. The van der Waals surface area contributed by atoms with E-state index in [1.165, 1.54) is 6.07 Å². The van der Waals surface area contributed by atoms with Gasteiger partial charge in [0, 0.05) is 11.6 Å². The smallest absolute Gasteiger partial charge is 0.208 e. The fourth-order valence-corrected chi connectivity index (χ4v) is 2.38. The summed E-state index contributed by atoms with van der Waals surface area (Å²) in [6.45, 7) is 8.32. The SMILES string of the molecule is CCC(C)CC(C)(C)n1c(O)cc(S)c1O. The Labute approximate surface area is 103 Å². The number of aromatic hydroxyl groups is 2. The van der Waals surface area contributed by atoms with Gasteiger partial charge in [0.05, 0.1) is 4.90 Å². The Kier molecular flexibility index (Phi) is 3.84. The molecule has 1 aromatic rings. The summed E-state index contributed by atoms with van der Waals surface area (Å²) in [7, 11) is 0. The van der Waals surface area contributed by atoms with Gasteiger partial charge in [-0.3, -0.25) is 4.57 Å². The zero-order chi connectivity index (χ0) is 12.5. The van der Waals surface area contributed by atoms with E-state index < -0.39 is 0 Å². The molecule has 92 valence electrons. The summed E-state index contributed by atoms with van der Waals surface area (Å²) in [5, 5.41) is 19.7. The van der Waals surface area contributed by atoms with E-state index in [1.807, 2.05) is 13.8 Å². The molecule has 0 saturated heterocycles. The van der Waals surface area contributed by atoms with E-state index in [-0.39, 0.29) is 17.3 Å². The maximum atomic E-state index is 9.87. The average Bonchev–Trinajstić information content (AvgIpc) is 2.40. The van der Waals surface area contributed by atoms with Crippen LogP contribution in [0.25, 0.3) is 0 Å². The highest BCUT2D eigenvalue weighted by Gasteiger charge is 2.28. The van der Waals surface area contributed by atoms with Crippen molar-refractivity contribution in [2.75, 3.05) is 0 Å². The predicted molar refractivity (Wildman–Crippen MR) is 68.4 cm³/mol. The summed E-state index contributed by atoms with van der Waals surface area (Å²) < 4.78 is 1.54. The summed E-state index contributed by atoms with van der Waals surface area (Å²) in [6, 6.07) is 1.47. The molecule has 1 heterocycles. The molecule has 0 spiro atoms. The van der Waals surface area contributed by atoms with Crippen LogP contribution in [0.1, 0.15) is 40.5 Å². The highest BCUT2D eigenvalue weighted by Crippen LogP contribution is 2.39. The van der Waals surface area contributed by atoms with E-state index in [0.717, 1.165) is 12.8 Å². The molecule has 1 unspecified atom stereocenters. The van der Waals surface area contributed by atoms with Crippen molar-refractivity contribution in [2.45, 2.75) is 51.0 Å². The van der Waals surface area contributed by atoms with Gasteiger partial charge in [-0.25, -0.2) is 0 Å². The predicted octanol–water partition coefficient (Wildman–Crippen LogP) is 3.36. The lowest BCUT2D eigenvalue weighted by Gasteiger charge is -2.30. The maximum Gasteiger partial charge on any atom is 0.208 e. The van der Waals surface area contributed by atoms with Crippen LogP contribution in [0.2, 0.25) is 0 Å². The van der Waals surface area contributed by atoms with Gasteiger partial charge in [-0.1, -0.05) is 20.3 Å². The Morgan fingerprint density at radius 3 is 2.38 bits per heavy atom. The van der Waals surface area contributed by atoms with Gasteiger partial charge < -0.3 is 10.2 Å². The fraction of sp³-hybridized carbons (Fsp3) is 0.667. The molecular weight excluding hydrogens is 222 g/mol. The van der Waals surface area contributed by atoms with Crippen LogP contribution in [0.15, 0.2) is 11.0 Å². The minimum atomic E-state index is -0.315. The van der Waals surface area contributed by atoms with E-state index in [9.17, 15) is 10.2 Å². The second kappa shape index (κ2) is 4.62. The van der Waals surface area contributed by atoms with Gasteiger partial charge in [0.25, 0.3) is 0 Å². The van der Waals surface area contributed by atoms with Crippen molar-refractivity contribution in [2.24, 2.45) is 5.92 Å². The van der Waals surface area contributed by atoms with E-state index in [0.29, 0.717) is 10.8 Å². The van der Waals surface area contributed by atoms with Gasteiger partial charge in [0.1, 0.15) is 0 Å². The number of aromatic nitrogens is 1. The van der Waals surface area contributed by atoms with Gasteiger partial charge in [0.2, 0.25) is 5.88 Å². The molecule has 0 aliphatic carbocycles. The largest absolute Gasteiger partial charge is 0.494 e. The topological polar surface area (TPSA) is 45.4 Å². The number of nitrogens with zero attached hydrogens (tertiary/aromatic N) is 1. The second-order valence-corrected chi connectivity index (χ2v) is 5.56. The third-order valence-electron chi connectivity index (χ3n) is 3.09. The first kappa shape index (κ1) is 13.3. The molecule has 0 aromatic carbocycles. The number of hydrogen-bond donors (Lipinski definition) is 3. The Hall–Kier alpha value is -0.770. The van der Waals surface area contributed by atoms with Crippen LogP contribution in [-0.2, 0) is 5.54 Å². The first-order valence-corrected chi connectivity index (χ1v) is 6.07. The molecule has 4 heteroatoms. The fourth-order valence-electron chi connectivity index (χ4n) is 2.16. The van der Waals surface area contributed by atoms with Crippen LogP contribution in [0.4, 0.5) is 0 Å². The van der Waals surface area contributed by atoms with Crippen LogP contribution < -0.4 is 0 Å². The van der Waals surface area contributed by atoms with E-state index >= 15 is 0 Å². The van der Waals surface area contributed by atoms with Crippen molar-refractivity contribution in [3.63, 3.8) is 0 Å². The first-order chi connectivity index (χ1) is 7.29. The quantitative estimate of drug-likeness (QED) is 0.710. The normalized spacial score (nSPS) is 14.1. The molecule has 0 amide bonds. The third kappa shape index (κ3) is 2.48. The molecule has 0 fully saturated rings. The van der Waals surface area contributed by atoms with Crippen molar-refractivity contribution >= 4 is 12.6 Å². The Bertz CT molecular complexity index is 371. The molecule has 1 atom stereocenters. The number of rotatable bonds is 4. The first-order valence-electron chi connectivity index (χ1n) is 5.62. The Morgan fingerprint density at radius 1 is 1.44 bits per heavy atom. The number of hydrogen-bond acceptors (Lipinski definition) is 3. The monoisotopic (exact) mass is 243 g/mol. The lowest BCUT2D eigenvalue weighted by Crippen LogP contribution is -2.27. The Balaban J connectivity index is 3.06. The molecule has 2 N–H and O–H groups in total. The number of thiol groups is 1. The van der Waals surface area contributed by atoms with Crippen LogP contribution in [0.3, 0.4) is 0 Å². The van der Waals surface area contributed by atoms with Gasteiger partial charge in [-0.15, -0.1) is 12.6 Å². The van der Waals surface area contributed by atoms with Gasteiger partial charge >= 0.3 is 0 Å². The zero-order valence-corrected chi connectivity index (χ0v) is 11.3. The van der Waals surface area contributed by atoms with Crippen molar-refractivity contribution < 1.29 is 10.2 Å². The van der Waals surface area contributed by atoms with Gasteiger partial charge in [-0.05, 0) is 26.2 Å². The van der Waals surface area contributed by atoms with Gasteiger partial charge in [0.15, 0.2) is 5.88 Å². The molecule has 0 saturated carbocycles. The second-order valence-electron chi connectivity index (χ2n) is 5.08. The summed E-state index contributed by atoms with van der Waals surface area (Å²) in [6.07, 6.45) is 1.98. The van der Waals surface area contributed by atoms with Crippen LogP contribution in [0, 0.1) is 5.92 Å². The highest BCUT2D eigenvalue weighted by atomic mass is 32.1. The summed E-state index contributed by atoms with van der Waals surface area (Å²) in [5.41, 5.74) is -0.315. The van der Waals surface area contributed by atoms with Crippen molar-refractivity contribution in [3.8, 4) is 11.8 Å². The van der Waals surface area contributed by atoms with E-state index in [2.05, 4.69) is 26.5 Å². The molecule has 1 rings (SSSR count). The van der Waals surface area contributed by atoms with Crippen LogP contribution >= 0.6 is 12.6 Å². The molecular formula is C12H21NO2S. The maximum absolute atomic E-state index is 9.87. The average molecular weight is 243 g/mol. The highest BCUT2D eigenvalue weighted by molar-refractivity contribution is 7.80. The third-order valence-corrected chi connectivity index (χ3v) is 3.42. The molecule has 0 aliphatic rings. The van der Waals surface area contributed by atoms with Crippen molar-refractivity contribution in [1.29, 1.82) is 0 Å². The lowest BCUT2D eigenvalue weighted by molar-refractivity contribution is 0.220. The summed E-state index contributed by atoms with van der Waals surface area (Å²) >= 11 is 4.10. The van der Waals surface area contributed by atoms with Gasteiger partial charge in [-0.2, -0.15) is 0 Å². The zero-order valence-electron chi connectivity index (χ0n) is 10.4. The molecule has 3 nitrogen and oxygen atoms in total. The Morgan fingerprint density at radius 2 is 2.00 bits per heavy atom. The van der Waals surface area contributed by atoms with Crippen molar-refractivity contribution in [1.82, 2.24) is 4.57 Å². The van der Waals surface area contributed by atoms with E-state index in [4.69, 9.17) is 0 Å². The summed E-state index contributed by atoms with van der Waals surface area (Å²) in [4.78, 5) is 0.412. The molecule has 0 bridgehead atoms. The molecule has 0 radical (unpaired) electrons. The van der Waals surface area contributed by atoms with Crippen molar-refractivity contribution in [3.05, 3.63) is 6.07 Å². The van der Waals surface area contributed by atoms with Crippen LogP contribution in [0.5, 0.6) is 11.8 Å². The van der Waals surface area contributed by atoms with E-state index in [1.54, 1.807) is 4.57 Å². The summed E-state index contributed by atoms with van der Waals surface area (Å²) in [5.74, 6) is 0.643. The molecule has 1 aromatic heterocycles. The molecule has 16 heavy (non-hydrogen) atoms. The minimum Gasteiger partial charge on any atom is -0.494 e. The van der Waals surface area contributed by atoms with Crippen LogP contribution in [-0.4, -0.2) is 14.8 Å². The standard InChI is InChI=1S/C12H21NO2S/c1-5-8(2)7-12(3,4)13-10(14)6-9(16)11(13)15/h6,8,14-16H,5,7H2,1-4H3. The molecule has 0 aliphatic heterocycles.